The first-order valence-electron chi connectivity index (χ1n) is 10.8. The van der Waals surface area contributed by atoms with Gasteiger partial charge in [-0.15, -0.1) is 10.2 Å². The monoisotopic (exact) mass is 512 g/mol. The summed E-state index contributed by atoms with van der Waals surface area (Å²) in [6.45, 7) is 6.47. The summed E-state index contributed by atoms with van der Waals surface area (Å²) in [6, 6.07) is 11.1. The molecule has 0 saturated carbocycles. The number of carbonyl (C=O) groups excluding carboxylic acids is 1. The first-order chi connectivity index (χ1) is 16.9. The Bertz CT molecular complexity index is 1260. The quantitative estimate of drug-likeness (QED) is 0.221. The number of nitrogens with one attached hydrogen (secondary N) is 1. The van der Waals surface area contributed by atoms with E-state index in [1.54, 1.807) is 12.1 Å². The number of halogens is 1. The predicted molar refractivity (Wildman–Crippen MR) is 136 cm³/mol. The zero-order chi connectivity index (χ0) is 25.4. The molecule has 8 nitrogen and oxygen atoms in total. The van der Waals surface area contributed by atoms with Gasteiger partial charge in [-0.2, -0.15) is 5.26 Å². The van der Waals surface area contributed by atoms with Crippen LogP contribution in [0, 0.1) is 25.2 Å². The van der Waals surface area contributed by atoms with Crippen LogP contribution < -0.4 is 19.5 Å². The van der Waals surface area contributed by atoms with Crippen LogP contribution in [0.15, 0.2) is 35.9 Å². The van der Waals surface area contributed by atoms with Crippen LogP contribution in [0.3, 0.4) is 0 Å². The number of carbonyl (C=O) groups is 1. The van der Waals surface area contributed by atoms with E-state index in [4.69, 9.17) is 25.8 Å². The third-order valence-corrected chi connectivity index (χ3v) is 6.17. The van der Waals surface area contributed by atoms with Crippen molar-refractivity contribution in [3.8, 4) is 23.3 Å². The van der Waals surface area contributed by atoms with Crippen LogP contribution in [0.5, 0.6) is 17.2 Å². The Kier molecular flexibility index (Phi) is 9.06. The number of hydrogen-bond acceptors (Lipinski definition) is 8. The normalized spacial score (nSPS) is 11.0. The van der Waals surface area contributed by atoms with E-state index in [1.165, 1.54) is 24.5 Å². The van der Waals surface area contributed by atoms with E-state index in [2.05, 4.69) is 15.5 Å². The van der Waals surface area contributed by atoms with E-state index >= 15 is 0 Å². The molecular weight excluding hydrogens is 488 g/mol. The van der Waals surface area contributed by atoms with Gasteiger partial charge in [0.25, 0.3) is 5.91 Å². The van der Waals surface area contributed by atoms with Gasteiger partial charge in [0.15, 0.2) is 11.5 Å². The average Bonchev–Trinajstić information content (AvgIpc) is 3.29. The molecule has 0 unspecified atom stereocenters. The van der Waals surface area contributed by atoms with Crippen LogP contribution in [0.2, 0.25) is 5.02 Å². The number of aryl methyl sites for hydroxylation is 3. The predicted octanol–water partition coefficient (Wildman–Crippen LogP) is 5.38. The van der Waals surface area contributed by atoms with Crippen molar-refractivity contribution >= 4 is 40.1 Å². The number of amides is 1. The SMILES string of the molecule is CCc1nnc(NC(=O)/C(C#N)=C\c2cc(Cl)c(OCCOc3c(C)cccc3C)c(OC)c2)s1. The zero-order valence-corrected chi connectivity index (χ0v) is 21.4. The van der Waals surface area contributed by atoms with Crippen molar-refractivity contribution in [1.29, 1.82) is 5.26 Å². The van der Waals surface area contributed by atoms with Crippen molar-refractivity contribution in [2.45, 2.75) is 27.2 Å². The Morgan fingerprint density at radius 3 is 2.46 bits per heavy atom. The summed E-state index contributed by atoms with van der Waals surface area (Å²) in [5, 5.41) is 21.3. The number of nitrogens with zero attached hydrogens (tertiary/aromatic N) is 3. The molecule has 0 spiro atoms. The molecular formula is C25H25ClN4O4S. The molecule has 35 heavy (non-hydrogen) atoms. The Balaban J connectivity index is 1.70. The molecule has 1 amide bonds. The molecule has 0 bridgehead atoms. The van der Waals surface area contributed by atoms with Gasteiger partial charge >= 0.3 is 0 Å². The standard InChI is InChI=1S/C25H25ClN4O4S/c1-5-21-29-30-25(35-21)28-24(31)18(14-27)11-17-12-19(26)23(20(13-17)32-4)34-10-9-33-22-15(2)7-6-8-16(22)3/h6-8,11-13H,5,9-10H2,1-4H3,(H,28,30,31)/b18-11-. The number of aromatic nitrogens is 2. The molecule has 2 aromatic carbocycles. The topological polar surface area (TPSA) is 106 Å². The van der Waals surface area contributed by atoms with Gasteiger partial charge in [0, 0.05) is 0 Å². The second-order valence-corrected chi connectivity index (χ2v) is 8.90. The van der Waals surface area contributed by atoms with Crippen LogP contribution >= 0.6 is 22.9 Å². The van der Waals surface area contributed by atoms with Crippen LogP contribution in [0.1, 0.15) is 28.6 Å². The zero-order valence-electron chi connectivity index (χ0n) is 19.8. The summed E-state index contributed by atoms with van der Waals surface area (Å²) in [7, 11) is 1.48. The molecule has 0 aliphatic rings. The lowest BCUT2D eigenvalue weighted by molar-refractivity contribution is -0.112. The summed E-state index contributed by atoms with van der Waals surface area (Å²) >= 11 is 7.70. The molecule has 10 heteroatoms. The second-order valence-electron chi connectivity index (χ2n) is 7.43. The third-order valence-electron chi connectivity index (χ3n) is 4.90. The molecule has 182 valence electrons. The largest absolute Gasteiger partial charge is 0.493 e. The van der Waals surface area contributed by atoms with Gasteiger partial charge in [0.05, 0.1) is 12.1 Å². The van der Waals surface area contributed by atoms with E-state index in [0.29, 0.717) is 35.2 Å². The number of rotatable bonds is 10. The minimum atomic E-state index is -0.592. The third kappa shape index (κ3) is 6.72. The van der Waals surface area contributed by atoms with Crippen molar-refractivity contribution in [1.82, 2.24) is 10.2 Å². The Morgan fingerprint density at radius 2 is 1.86 bits per heavy atom. The second kappa shape index (κ2) is 12.2. The molecule has 0 fully saturated rings. The Morgan fingerprint density at radius 1 is 1.17 bits per heavy atom. The Hall–Kier alpha value is -3.61. The van der Waals surface area contributed by atoms with Gasteiger partial charge in [0.2, 0.25) is 5.13 Å². The summed E-state index contributed by atoms with van der Waals surface area (Å²) in [6.07, 6.45) is 2.12. The molecule has 1 heterocycles. The maximum Gasteiger partial charge on any atom is 0.268 e. The molecule has 3 rings (SSSR count). The molecule has 0 aliphatic carbocycles. The average molecular weight is 513 g/mol. The highest BCUT2D eigenvalue weighted by atomic mass is 35.5. The molecule has 0 radical (unpaired) electrons. The number of nitriles is 1. The Labute approximate surface area is 213 Å². The van der Waals surface area contributed by atoms with Gasteiger partial charge in [-0.05, 0) is 55.2 Å². The van der Waals surface area contributed by atoms with Gasteiger partial charge in [-0.1, -0.05) is 48.1 Å². The van der Waals surface area contributed by atoms with E-state index < -0.39 is 5.91 Å². The molecule has 0 saturated heterocycles. The fourth-order valence-electron chi connectivity index (χ4n) is 3.20. The lowest BCUT2D eigenvalue weighted by Gasteiger charge is -2.15. The number of ether oxygens (including phenoxy) is 3. The molecule has 0 aliphatic heterocycles. The van der Waals surface area contributed by atoms with Gasteiger partial charge < -0.3 is 14.2 Å². The van der Waals surface area contributed by atoms with E-state index in [9.17, 15) is 10.1 Å². The van der Waals surface area contributed by atoms with Gasteiger partial charge in [-0.3, -0.25) is 10.1 Å². The lowest BCUT2D eigenvalue weighted by atomic mass is 10.1. The smallest absolute Gasteiger partial charge is 0.268 e. The molecule has 0 atom stereocenters. The van der Waals surface area contributed by atoms with Crippen LogP contribution in [0.25, 0.3) is 6.08 Å². The first-order valence-corrected chi connectivity index (χ1v) is 12.0. The number of hydrogen-bond donors (Lipinski definition) is 1. The summed E-state index contributed by atoms with van der Waals surface area (Å²) in [5.74, 6) is 0.951. The maximum atomic E-state index is 12.5. The highest BCUT2D eigenvalue weighted by molar-refractivity contribution is 7.15. The van der Waals surface area contributed by atoms with Crippen LogP contribution in [-0.4, -0.2) is 36.4 Å². The van der Waals surface area contributed by atoms with E-state index in [1.807, 2.05) is 45.0 Å². The van der Waals surface area contributed by atoms with Crippen molar-refractivity contribution < 1.29 is 19.0 Å². The van der Waals surface area contributed by atoms with Crippen LogP contribution in [0.4, 0.5) is 5.13 Å². The van der Waals surface area contributed by atoms with E-state index in [0.717, 1.165) is 21.9 Å². The van der Waals surface area contributed by atoms with Gasteiger partial charge in [-0.25, -0.2) is 0 Å². The maximum absolute atomic E-state index is 12.5. The summed E-state index contributed by atoms with van der Waals surface area (Å²) < 4.78 is 17.1. The number of methoxy groups -OCH3 is 1. The van der Waals surface area contributed by atoms with Crippen molar-refractivity contribution in [2.75, 3.05) is 25.6 Å². The highest BCUT2D eigenvalue weighted by Gasteiger charge is 2.16. The summed E-state index contributed by atoms with van der Waals surface area (Å²) in [4.78, 5) is 12.5. The fraction of sp³-hybridized carbons (Fsp3) is 0.280. The summed E-state index contributed by atoms with van der Waals surface area (Å²) in [5.41, 5.74) is 2.48. The minimum absolute atomic E-state index is 0.118. The van der Waals surface area contributed by atoms with E-state index in [-0.39, 0.29) is 17.2 Å². The van der Waals surface area contributed by atoms with Crippen molar-refractivity contribution in [3.63, 3.8) is 0 Å². The van der Waals surface area contributed by atoms with Crippen molar-refractivity contribution in [3.05, 3.63) is 62.6 Å². The van der Waals surface area contributed by atoms with Crippen molar-refractivity contribution in [2.24, 2.45) is 0 Å². The first kappa shape index (κ1) is 26.0. The fourth-order valence-corrected chi connectivity index (χ4v) is 4.15. The minimum Gasteiger partial charge on any atom is -0.493 e. The molecule has 3 aromatic rings. The van der Waals surface area contributed by atoms with Crippen LogP contribution in [-0.2, 0) is 11.2 Å². The number of benzene rings is 2. The highest BCUT2D eigenvalue weighted by Crippen LogP contribution is 2.37. The van der Waals surface area contributed by atoms with Gasteiger partial charge in [0.1, 0.15) is 35.6 Å². The molecule has 1 aromatic heterocycles. The number of anilines is 1. The lowest BCUT2D eigenvalue weighted by Crippen LogP contribution is -2.13. The number of para-hydroxylation sites is 1. The molecule has 1 N–H and O–H groups in total.